The Bertz CT molecular complexity index is 837. The average molecular weight is 349 g/mol. The largest absolute Gasteiger partial charge is 0.497 e. The normalized spacial score (nSPS) is 35.2. The fraction of sp³-hybridized carbons (Fsp3) is 0.409. The summed E-state index contributed by atoms with van der Waals surface area (Å²) in [6.07, 6.45) is 13.6. The number of fused-ring (bicyclic) bond motifs is 4. The summed E-state index contributed by atoms with van der Waals surface area (Å²) < 4.78 is 11.5. The lowest BCUT2D eigenvalue weighted by Crippen LogP contribution is -2.71. The van der Waals surface area contributed by atoms with Gasteiger partial charge in [0.25, 0.3) is 0 Å². The van der Waals surface area contributed by atoms with Crippen LogP contribution >= 0.6 is 0 Å². The van der Waals surface area contributed by atoms with Gasteiger partial charge in [0.1, 0.15) is 11.2 Å². The van der Waals surface area contributed by atoms with E-state index in [2.05, 4.69) is 11.0 Å². The molecular weight excluding hydrogens is 326 g/mol. The lowest BCUT2D eigenvalue weighted by molar-refractivity contribution is -0.180. The van der Waals surface area contributed by atoms with E-state index >= 15 is 0 Å². The summed E-state index contributed by atoms with van der Waals surface area (Å²) in [5, 5.41) is 0. The van der Waals surface area contributed by atoms with Crippen LogP contribution in [0.25, 0.3) is 0 Å². The molecule has 3 fully saturated rings. The van der Waals surface area contributed by atoms with E-state index in [1.807, 2.05) is 48.6 Å². The Morgan fingerprint density at radius 2 is 2.00 bits per heavy atom. The second kappa shape index (κ2) is 5.58. The highest BCUT2D eigenvalue weighted by atomic mass is 16.6. The number of esters is 1. The molecule has 1 spiro atoms. The Kier molecular flexibility index (Phi) is 3.41. The first-order valence-electron chi connectivity index (χ1n) is 9.40. The van der Waals surface area contributed by atoms with Crippen LogP contribution in [-0.4, -0.2) is 42.7 Å². The van der Waals surface area contributed by atoms with Crippen molar-refractivity contribution in [1.82, 2.24) is 4.90 Å². The van der Waals surface area contributed by atoms with Gasteiger partial charge in [0, 0.05) is 12.1 Å². The molecule has 1 aromatic rings. The third-order valence-corrected chi connectivity index (χ3v) is 6.44. The number of benzene rings is 1. The van der Waals surface area contributed by atoms with Crippen LogP contribution in [0.3, 0.4) is 0 Å². The molecule has 4 heteroatoms. The lowest BCUT2D eigenvalue weighted by Gasteiger charge is -2.57. The minimum absolute atomic E-state index is 0.154. The Hall–Kier alpha value is -2.33. The highest BCUT2D eigenvalue weighted by Gasteiger charge is 2.69. The van der Waals surface area contributed by atoms with Gasteiger partial charge in [-0.05, 0) is 37.1 Å². The van der Waals surface area contributed by atoms with Crippen molar-refractivity contribution in [3.63, 3.8) is 0 Å². The van der Waals surface area contributed by atoms with Gasteiger partial charge in [-0.15, -0.1) is 0 Å². The predicted octanol–water partition coefficient (Wildman–Crippen LogP) is 3.15. The fourth-order valence-electron chi connectivity index (χ4n) is 5.18. The van der Waals surface area contributed by atoms with Gasteiger partial charge in [-0.3, -0.25) is 9.69 Å². The number of methoxy groups -OCH3 is 1. The highest BCUT2D eigenvalue weighted by molar-refractivity contribution is 5.95. The Morgan fingerprint density at radius 1 is 1.15 bits per heavy atom. The van der Waals surface area contributed by atoms with Gasteiger partial charge in [-0.2, -0.15) is 0 Å². The van der Waals surface area contributed by atoms with E-state index < -0.39 is 11.0 Å². The summed E-state index contributed by atoms with van der Waals surface area (Å²) >= 11 is 0. The minimum atomic E-state index is -0.834. The van der Waals surface area contributed by atoms with Crippen LogP contribution in [0.15, 0.2) is 60.2 Å². The second-order valence-corrected chi connectivity index (χ2v) is 7.62. The maximum Gasteiger partial charge on any atom is 0.325 e. The molecule has 0 radical (unpaired) electrons. The van der Waals surface area contributed by atoms with Crippen LogP contribution in [-0.2, 0) is 14.9 Å². The molecule has 4 aliphatic rings. The number of hydrogen-bond donors (Lipinski definition) is 0. The zero-order valence-corrected chi connectivity index (χ0v) is 15.0. The van der Waals surface area contributed by atoms with Gasteiger partial charge >= 0.3 is 5.97 Å². The zero-order valence-electron chi connectivity index (χ0n) is 15.0. The molecule has 1 aromatic carbocycles. The lowest BCUT2D eigenvalue weighted by atomic mass is 9.64. The number of piperidine rings is 1. The molecular formula is C22H23NO3. The Morgan fingerprint density at radius 3 is 2.77 bits per heavy atom. The van der Waals surface area contributed by atoms with Gasteiger partial charge < -0.3 is 9.47 Å². The molecule has 3 heterocycles. The van der Waals surface area contributed by atoms with Crippen molar-refractivity contribution in [2.24, 2.45) is 0 Å². The number of nitrogens with zero attached hydrogens (tertiary/aromatic N) is 1. The van der Waals surface area contributed by atoms with Crippen molar-refractivity contribution < 1.29 is 14.3 Å². The first kappa shape index (κ1) is 15.9. The molecule has 3 saturated heterocycles. The van der Waals surface area contributed by atoms with E-state index in [0.717, 1.165) is 36.4 Å². The zero-order chi connectivity index (χ0) is 17.8. The van der Waals surface area contributed by atoms with Gasteiger partial charge in [-0.25, -0.2) is 0 Å². The van der Waals surface area contributed by atoms with Crippen LogP contribution in [0.5, 0.6) is 5.75 Å². The molecule has 1 unspecified atom stereocenters. The average Bonchev–Trinajstić information content (AvgIpc) is 2.80. The summed E-state index contributed by atoms with van der Waals surface area (Å²) in [7, 11) is 1.65. The molecule has 3 atom stereocenters. The van der Waals surface area contributed by atoms with Crippen LogP contribution < -0.4 is 4.74 Å². The summed E-state index contributed by atoms with van der Waals surface area (Å²) in [5.41, 5.74) is 0.726. The van der Waals surface area contributed by atoms with Gasteiger partial charge in [-0.1, -0.05) is 48.9 Å². The monoisotopic (exact) mass is 349 g/mol. The molecule has 0 aromatic heterocycles. The van der Waals surface area contributed by atoms with Crippen molar-refractivity contribution in [1.29, 1.82) is 0 Å². The molecule has 1 aliphatic carbocycles. The quantitative estimate of drug-likeness (QED) is 0.769. The number of carbonyl (C=O) groups is 1. The molecule has 26 heavy (non-hydrogen) atoms. The third kappa shape index (κ3) is 1.91. The van der Waals surface area contributed by atoms with Crippen molar-refractivity contribution in [3.8, 4) is 5.75 Å². The number of ether oxygens (including phenoxy) is 2. The first-order chi connectivity index (χ1) is 12.7. The topological polar surface area (TPSA) is 38.8 Å². The van der Waals surface area contributed by atoms with Crippen LogP contribution in [0, 0.1) is 0 Å². The maximum atomic E-state index is 13.3. The smallest absolute Gasteiger partial charge is 0.325 e. The van der Waals surface area contributed by atoms with Gasteiger partial charge in [0.15, 0.2) is 5.60 Å². The molecule has 3 aliphatic heterocycles. The molecule has 0 amide bonds. The van der Waals surface area contributed by atoms with Gasteiger partial charge in [0.05, 0.1) is 13.2 Å². The maximum absolute atomic E-state index is 13.3. The molecule has 134 valence electrons. The van der Waals surface area contributed by atoms with E-state index in [0.29, 0.717) is 6.04 Å². The number of rotatable bonds is 2. The highest BCUT2D eigenvalue weighted by Crippen LogP contribution is 2.57. The van der Waals surface area contributed by atoms with E-state index in [-0.39, 0.29) is 5.97 Å². The van der Waals surface area contributed by atoms with E-state index in [1.165, 1.54) is 12.8 Å². The molecule has 5 rings (SSSR count). The summed E-state index contributed by atoms with van der Waals surface area (Å²) in [6.45, 7) is 1.92. The number of allylic oxidation sites excluding steroid dienone is 4. The van der Waals surface area contributed by atoms with E-state index in [4.69, 9.17) is 9.47 Å². The van der Waals surface area contributed by atoms with Crippen molar-refractivity contribution in [2.75, 3.05) is 20.2 Å². The molecule has 0 N–H and O–H groups in total. The van der Waals surface area contributed by atoms with Crippen LogP contribution in [0.4, 0.5) is 0 Å². The van der Waals surface area contributed by atoms with Crippen molar-refractivity contribution >= 4 is 5.97 Å². The summed E-state index contributed by atoms with van der Waals surface area (Å²) in [6, 6.07) is 8.12. The number of carbonyl (C=O) groups excluding carboxylic acids is 1. The second-order valence-electron chi connectivity index (χ2n) is 7.62. The standard InChI is InChI=1S/C22H23NO3/c1-25-17-11-9-16(10-12-17)21-13-5-2-3-7-18(21)22(26-20(21)24)15-23-14-6-4-8-19(22)23/h2-3,5,7,9-13,19H,4,6,8,14-15H2,1H3/t19-,21?,22+/m1/s1. The predicted molar refractivity (Wildman–Crippen MR) is 99.1 cm³/mol. The van der Waals surface area contributed by atoms with Crippen LogP contribution in [0.2, 0.25) is 0 Å². The van der Waals surface area contributed by atoms with Crippen molar-refractivity contribution in [3.05, 3.63) is 65.8 Å². The summed E-state index contributed by atoms with van der Waals surface area (Å²) in [5.74, 6) is 0.633. The van der Waals surface area contributed by atoms with E-state index in [9.17, 15) is 4.79 Å². The molecule has 0 bridgehead atoms. The molecule has 4 nitrogen and oxygen atoms in total. The third-order valence-electron chi connectivity index (χ3n) is 6.44. The fourth-order valence-corrected chi connectivity index (χ4v) is 5.18. The first-order valence-corrected chi connectivity index (χ1v) is 9.40. The Labute approximate surface area is 153 Å². The van der Waals surface area contributed by atoms with E-state index in [1.54, 1.807) is 7.11 Å². The SMILES string of the molecule is COc1ccc(C23C=CC=CC=C2[C@]2(CN4CCCC[C@@H]42)OC3=O)cc1. The summed E-state index contributed by atoms with van der Waals surface area (Å²) in [4.78, 5) is 15.8. The van der Waals surface area contributed by atoms with Crippen molar-refractivity contribution in [2.45, 2.75) is 36.3 Å². The minimum Gasteiger partial charge on any atom is -0.497 e. The Balaban J connectivity index is 1.64. The number of hydrogen-bond acceptors (Lipinski definition) is 4. The molecule has 0 saturated carbocycles. The van der Waals surface area contributed by atoms with Gasteiger partial charge in [0.2, 0.25) is 0 Å². The van der Waals surface area contributed by atoms with Crippen LogP contribution in [0.1, 0.15) is 24.8 Å².